The Morgan fingerprint density at radius 2 is 1.69 bits per heavy atom. The van der Waals surface area contributed by atoms with Gasteiger partial charge in [-0.3, -0.25) is 4.79 Å². The van der Waals surface area contributed by atoms with Crippen molar-refractivity contribution in [3.05, 3.63) is 0 Å². The van der Waals surface area contributed by atoms with Crippen molar-refractivity contribution in [2.45, 2.75) is 53.0 Å². The molecule has 0 heterocycles. The van der Waals surface area contributed by atoms with E-state index in [9.17, 15) is 4.79 Å². The molecule has 2 nitrogen and oxygen atoms in total. The Bertz CT molecular complexity index is 282. The number of carbonyl (C=O) groups is 1. The van der Waals surface area contributed by atoms with Gasteiger partial charge >= 0.3 is 0 Å². The third-order valence-corrected chi connectivity index (χ3v) is 4.77. The molecule has 0 aromatic heterocycles. The van der Waals surface area contributed by atoms with Gasteiger partial charge in [0.2, 0.25) is 5.91 Å². The van der Waals surface area contributed by atoms with Crippen LogP contribution in [0.2, 0.25) is 0 Å². The largest absolute Gasteiger partial charge is 0.342 e. The van der Waals surface area contributed by atoms with Crippen LogP contribution < -0.4 is 0 Å². The molecule has 0 spiro atoms. The molecule has 3 atom stereocenters. The van der Waals surface area contributed by atoms with Crippen LogP contribution in [-0.4, -0.2) is 23.9 Å². The van der Waals surface area contributed by atoms with Crippen LogP contribution in [0.5, 0.6) is 0 Å². The summed E-state index contributed by atoms with van der Waals surface area (Å²) in [5.74, 6) is 2.51. The van der Waals surface area contributed by atoms with Gasteiger partial charge in [-0.15, -0.1) is 0 Å². The molecule has 1 amide bonds. The first kappa shape index (κ1) is 11.9. The molecule has 0 aromatic rings. The Hall–Kier alpha value is -0.530. The maximum Gasteiger partial charge on any atom is 0.225 e. The predicted molar refractivity (Wildman–Crippen MR) is 66.0 cm³/mol. The molecule has 0 bridgehead atoms. The van der Waals surface area contributed by atoms with E-state index in [1.165, 1.54) is 6.42 Å². The van der Waals surface area contributed by atoms with Crippen LogP contribution in [0.1, 0.15) is 47.0 Å². The van der Waals surface area contributed by atoms with Crippen LogP contribution in [0.3, 0.4) is 0 Å². The fourth-order valence-electron chi connectivity index (χ4n) is 2.98. The van der Waals surface area contributed by atoms with Gasteiger partial charge in [-0.25, -0.2) is 0 Å². The first-order valence-corrected chi connectivity index (χ1v) is 6.57. The Kier molecular flexibility index (Phi) is 2.80. The van der Waals surface area contributed by atoms with Gasteiger partial charge in [0.1, 0.15) is 0 Å². The lowest BCUT2D eigenvalue weighted by molar-refractivity contribution is -0.138. The molecular weight excluding hydrogens is 198 g/mol. The molecular formula is C14H25NO. The van der Waals surface area contributed by atoms with Gasteiger partial charge in [-0.05, 0) is 43.4 Å². The molecule has 3 unspecified atom stereocenters. The number of rotatable bonds is 2. The van der Waals surface area contributed by atoms with Gasteiger partial charge in [-0.1, -0.05) is 20.8 Å². The van der Waals surface area contributed by atoms with Gasteiger partial charge in [0, 0.05) is 19.0 Å². The van der Waals surface area contributed by atoms with Gasteiger partial charge in [0.15, 0.2) is 0 Å². The highest BCUT2D eigenvalue weighted by molar-refractivity contribution is 5.79. The van der Waals surface area contributed by atoms with Crippen molar-refractivity contribution in [3.63, 3.8) is 0 Å². The topological polar surface area (TPSA) is 20.3 Å². The van der Waals surface area contributed by atoms with Crippen LogP contribution in [0, 0.1) is 23.2 Å². The second-order valence-corrected chi connectivity index (χ2v) is 6.92. The lowest BCUT2D eigenvalue weighted by atomic mass is 9.86. The van der Waals surface area contributed by atoms with Crippen molar-refractivity contribution in [2.24, 2.45) is 23.2 Å². The van der Waals surface area contributed by atoms with Crippen LogP contribution in [0.4, 0.5) is 0 Å². The fourth-order valence-corrected chi connectivity index (χ4v) is 2.98. The van der Waals surface area contributed by atoms with E-state index in [4.69, 9.17) is 0 Å². The quantitative estimate of drug-likeness (QED) is 0.705. The zero-order valence-electron chi connectivity index (χ0n) is 11.3. The van der Waals surface area contributed by atoms with E-state index in [0.29, 0.717) is 17.9 Å². The van der Waals surface area contributed by atoms with Crippen LogP contribution in [0.25, 0.3) is 0 Å². The first-order valence-electron chi connectivity index (χ1n) is 6.57. The molecule has 2 rings (SSSR count). The molecule has 2 fully saturated rings. The summed E-state index contributed by atoms with van der Waals surface area (Å²) in [5, 5.41) is 0. The molecule has 0 N–H and O–H groups in total. The monoisotopic (exact) mass is 223 g/mol. The van der Waals surface area contributed by atoms with Crippen molar-refractivity contribution in [1.82, 2.24) is 4.90 Å². The molecule has 0 aromatic carbocycles. The minimum absolute atomic E-state index is 0.173. The predicted octanol–water partition coefficient (Wildman–Crippen LogP) is 2.93. The highest BCUT2D eigenvalue weighted by Gasteiger charge is 2.49. The molecule has 0 aliphatic heterocycles. The Labute approximate surface area is 99.4 Å². The van der Waals surface area contributed by atoms with Crippen LogP contribution in [0.15, 0.2) is 0 Å². The van der Waals surface area contributed by atoms with Crippen LogP contribution >= 0.6 is 0 Å². The maximum atomic E-state index is 12.3. The van der Waals surface area contributed by atoms with Gasteiger partial charge in [-0.2, -0.15) is 0 Å². The minimum Gasteiger partial charge on any atom is -0.342 e. The highest BCUT2D eigenvalue weighted by Crippen LogP contribution is 2.54. The summed E-state index contributed by atoms with van der Waals surface area (Å²) in [7, 11) is 1.97. The summed E-state index contributed by atoms with van der Waals surface area (Å²) in [5.41, 5.74) is 0.173. The summed E-state index contributed by atoms with van der Waals surface area (Å²) < 4.78 is 0. The second-order valence-electron chi connectivity index (χ2n) is 6.92. The molecule has 2 saturated carbocycles. The van der Waals surface area contributed by atoms with E-state index in [0.717, 1.165) is 24.7 Å². The van der Waals surface area contributed by atoms with E-state index in [-0.39, 0.29) is 5.41 Å². The number of hydrogen-bond donors (Lipinski definition) is 0. The number of amides is 1. The third kappa shape index (κ3) is 2.11. The van der Waals surface area contributed by atoms with E-state index in [2.05, 4.69) is 27.7 Å². The van der Waals surface area contributed by atoms with Crippen molar-refractivity contribution in [3.8, 4) is 0 Å². The van der Waals surface area contributed by atoms with Crippen molar-refractivity contribution in [1.29, 1.82) is 0 Å². The normalized spacial score (nSPS) is 34.4. The molecule has 92 valence electrons. The molecule has 0 radical (unpaired) electrons. The first-order chi connectivity index (χ1) is 7.30. The SMILES string of the molecule is CC(N(C)C(=O)C1CC2CC2C1)C(C)(C)C. The molecule has 16 heavy (non-hydrogen) atoms. The van der Waals surface area contributed by atoms with Gasteiger partial charge in [0.05, 0.1) is 0 Å². The zero-order chi connectivity index (χ0) is 12.1. The molecule has 2 aliphatic carbocycles. The highest BCUT2D eigenvalue weighted by atomic mass is 16.2. The Morgan fingerprint density at radius 3 is 2.12 bits per heavy atom. The van der Waals surface area contributed by atoms with Crippen LogP contribution in [-0.2, 0) is 4.79 Å². The van der Waals surface area contributed by atoms with E-state index in [1.807, 2.05) is 11.9 Å². The van der Waals surface area contributed by atoms with E-state index >= 15 is 0 Å². The number of carbonyl (C=O) groups excluding carboxylic acids is 1. The van der Waals surface area contributed by atoms with Gasteiger partial charge < -0.3 is 4.90 Å². The maximum absolute atomic E-state index is 12.3. The van der Waals surface area contributed by atoms with Gasteiger partial charge in [0.25, 0.3) is 0 Å². The van der Waals surface area contributed by atoms with Crippen molar-refractivity contribution >= 4 is 5.91 Å². The average Bonchev–Trinajstić information content (AvgIpc) is 2.81. The number of nitrogens with zero attached hydrogens (tertiary/aromatic N) is 1. The van der Waals surface area contributed by atoms with E-state index < -0.39 is 0 Å². The molecule has 2 aliphatic rings. The van der Waals surface area contributed by atoms with Crippen molar-refractivity contribution < 1.29 is 4.79 Å². The molecule has 2 heteroatoms. The second kappa shape index (κ2) is 3.75. The standard InChI is InChI=1S/C14H25NO/c1-9(14(2,3)4)15(5)13(16)12-7-10-6-11(10)8-12/h9-12H,6-8H2,1-5H3. The smallest absolute Gasteiger partial charge is 0.225 e. The lowest BCUT2D eigenvalue weighted by Gasteiger charge is -2.36. The summed E-state index contributed by atoms with van der Waals surface area (Å²) in [4.78, 5) is 14.3. The Balaban J connectivity index is 1.93. The lowest BCUT2D eigenvalue weighted by Crippen LogP contribution is -2.45. The summed E-state index contributed by atoms with van der Waals surface area (Å²) >= 11 is 0. The van der Waals surface area contributed by atoms with E-state index in [1.54, 1.807) is 0 Å². The molecule has 0 saturated heterocycles. The summed E-state index contributed by atoms with van der Waals surface area (Å²) in [6, 6.07) is 0.317. The zero-order valence-corrected chi connectivity index (χ0v) is 11.3. The summed E-state index contributed by atoms with van der Waals surface area (Å²) in [6.45, 7) is 8.77. The average molecular weight is 223 g/mol. The third-order valence-electron chi connectivity index (χ3n) is 4.77. The van der Waals surface area contributed by atoms with Crippen molar-refractivity contribution in [2.75, 3.05) is 7.05 Å². The minimum atomic E-state index is 0.173. The fraction of sp³-hybridized carbons (Fsp3) is 0.929. The summed E-state index contributed by atoms with van der Waals surface area (Å²) in [6.07, 6.45) is 3.71. The Morgan fingerprint density at radius 1 is 1.19 bits per heavy atom. The number of hydrogen-bond acceptors (Lipinski definition) is 1. The number of fused-ring (bicyclic) bond motifs is 1.